The number of nitrogens with one attached hydrogen (secondary N) is 1. The number of nitrogens with zero attached hydrogens (tertiary/aromatic N) is 3. The SMILES string of the molecule is COc1cccc(NC(=O)CN(C)CC(=O)N2CCN(Cc3c(F)cccc3Cl)CC2)c1. The molecular formula is C23H28ClFN4O3. The third-order valence-corrected chi connectivity index (χ3v) is 5.69. The van der Waals surface area contributed by atoms with Crippen molar-refractivity contribution in [2.24, 2.45) is 0 Å². The van der Waals surface area contributed by atoms with E-state index in [0.29, 0.717) is 54.7 Å². The lowest BCUT2D eigenvalue weighted by atomic mass is 10.2. The molecule has 2 aromatic rings. The smallest absolute Gasteiger partial charge is 0.238 e. The number of halogens is 2. The number of likely N-dealkylation sites (N-methyl/N-ethyl adjacent to an activating group) is 1. The van der Waals surface area contributed by atoms with Gasteiger partial charge in [0.2, 0.25) is 11.8 Å². The van der Waals surface area contributed by atoms with E-state index in [2.05, 4.69) is 10.2 Å². The summed E-state index contributed by atoms with van der Waals surface area (Å²) in [6, 6.07) is 11.8. The first-order valence-electron chi connectivity index (χ1n) is 10.4. The van der Waals surface area contributed by atoms with Crippen LogP contribution < -0.4 is 10.1 Å². The fraction of sp³-hybridized carbons (Fsp3) is 0.391. The van der Waals surface area contributed by atoms with Crippen LogP contribution >= 0.6 is 11.6 Å². The third kappa shape index (κ3) is 6.66. The van der Waals surface area contributed by atoms with Gasteiger partial charge in [-0.05, 0) is 31.3 Å². The summed E-state index contributed by atoms with van der Waals surface area (Å²) in [7, 11) is 3.30. The molecule has 1 N–H and O–H groups in total. The van der Waals surface area contributed by atoms with Gasteiger partial charge < -0.3 is 15.0 Å². The maximum atomic E-state index is 14.0. The molecule has 0 spiro atoms. The highest BCUT2D eigenvalue weighted by atomic mass is 35.5. The van der Waals surface area contributed by atoms with E-state index >= 15 is 0 Å². The Balaban J connectivity index is 1.42. The molecule has 32 heavy (non-hydrogen) atoms. The Morgan fingerprint density at radius 1 is 1.12 bits per heavy atom. The monoisotopic (exact) mass is 462 g/mol. The molecule has 2 amide bonds. The summed E-state index contributed by atoms with van der Waals surface area (Å²) >= 11 is 6.12. The molecule has 3 rings (SSSR count). The van der Waals surface area contributed by atoms with E-state index in [1.165, 1.54) is 6.07 Å². The van der Waals surface area contributed by atoms with Crippen molar-refractivity contribution in [2.45, 2.75) is 6.54 Å². The van der Waals surface area contributed by atoms with Crippen LogP contribution in [0.15, 0.2) is 42.5 Å². The van der Waals surface area contributed by atoms with Crippen LogP contribution in [0.5, 0.6) is 5.75 Å². The normalized spacial score (nSPS) is 14.5. The van der Waals surface area contributed by atoms with Crippen molar-refractivity contribution in [2.75, 3.05) is 58.7 Å². The van der Waals surface area contributed by atoms with Crippen molar-refractivity contribution in [3.8, 4) is 5.75 Å². The summed E-state index contributed by atoms with van der Waals surface area (Å²) in [5.74, 6) is 0.0954. The molecule has 0 unspecified atom stereocenters. The number of ether oxygens (including phenoxy) is 1. The van der Waals surface area contributed by atoms with Crippen LogP contribution in [0.3, 0.4) is 0 Å². The van der Waals surface area contributed by atoms with E-state index < -0.39 is 0 Å². The zero-order valence-electron chi connectivity index (χ0n) is 18.3. The number of carbonyl (C=O) groups excluding carboxylic acids is 2. The molecule has 0 atom stereocenters. The van der Waals surface area contributed by atoms with Gasteiger partial charge in [-0.15, -0.1) is 0 Å². The summed E-state index contributed by atoms with van der Waals surface area (Å²) in [4.78, 5) is 30.5. The summed E-state index contributed by atoms with van der Waals surface area (Å²) in [6.45, 7) is 3.02. The number of piperazine rings is 1. The second kappa shape index (κ2) is 11.3. The number of hydrogen-bond donors (Lipinski definition) is 1. The van der Waals surface area contributed by atoms with Gasteiger partial charge in [0, 0.05) is 55.1 Å². The topological polar surface area (TPSA) is 65.1 Å². The molecule has 9 heteroatoms. The molecule has 7 nitrogen and oxygen atoms in total. The molecule has 1 saturated heterocycles. The first-order chi connectivity index (χ1) is 15.4. The van der Waals surface area contributed by atoms with Crippen molar-refractivity contribution in [3.63, 3.8) is 0 Å². The van der Waals surface area contributed by atoms with E-state index in [1.807, 2.05) is 0 Å². The second-order valence-electron chi connectivity index (χ2n) is 7.81. The predicted octanol–water partition coefficient (Wildman–Crippen LogP) is 2.70. The van der Waals surface area contributed by atoms with Crippen molar-refractivity contribution < 1.29 is 18.7 Å². The Labute approximate surface area is 192 Å². The minimum Gasteiger partial charge on any atom is -0.497 e. The Bertz CT molecular complexity index is 930. The molecule has 1 heterocycles. The lowest BCUT2D eigenvalue weighted by molar-refractivity contribution is -0.134. The molecular weight excluding hydrogens is 435 g/mol. The fourth-order valence-corrected chi connectivity index (χ4v) is 3.82. The maximum absolute atomic E-state index is 14.0. The van der Waals surface area contributed by atoms with E-state index in [0.717, 1.165) is 0 Å². The first-order valence-corrected chi connectivity index (χ1v) is 10.8. The molecule has 2 aromatic carbocycles. The van der Waals surface area contributed by atoms with E-state index in [9.17, 15) is 14.0 Å². The fourth-order valence-electron chi connectivity index (χ4n) is 3.60. The Kier molecular flexibility index (Phi) is 8.44. The maximum Gasteiger partial charge on any atom is 0.238 e. The van der Waals surface area contributed by atoms with Crippen LogP contribution in [0.4, 0.5) is 10.1 Å². The highest BCUT2D eigenvalue weighted by molar-refractivity contribution is 6.31. The van der Waals surface area contributed by atoms with Crippen molar-refractivity contribution in [1.82, 2.24) is 14.7 Å². The Morgan fingerprint density at radius 2 is 1.84 bits per heavy atom. The number of hydrogen-bond acceptors (Lipinski definition) is 5. The van der Waals surface area contributed by atoms with Crippen LogP contribution in [-0.2, 0) is 16.1 Å². The lowest BCUT2D eigenvalue weighted by Gasteiger charge is -2.35. The van der Waals surface area contributed by atoms with Crippen molar-refractivity contribution >= 4 is 29.1 Å². The predicted molar refractivity (Wildman–Crippen MR) is 122 cm³/mol. The molecule has 0 radical (unpaired) electrons. The van der Waals surface area contributed by atoms with Gasteiger partial charge in [0.25, 0.3) is 0 Å². The number of anilines is 1. The van der Waals surface area contributed by atoms with E-state index in [1.54, 1.807) is 60.4 Å². The minimum absolute atomic E-state index is 0.0368. The molecule has 1 aliphatic heterocycles. The molecule has 1 fully saturated rings. The number of amides is 2. The molecule has 0 saturated carbocycles. The summed E-state index contributed by atoms with van der Waals surface area (Å²) in [5, 5.41) is 3.22. The lowest BCUT2D eigenvalue weighted by Crippen LogP contribution is -2.51. The van der Waals surface area contributed by atoms with Crippen LogP contribution in [0, 0.1) is 5.82 Å². The van der Waals surface area contributed by atoms with Crippen molar-refractivity contribution in [1.29, 1.82) is 0 Å². The standard InChI is InChI=1S/C23H28ClFN4O3/c1-27(15-22(30)26-17-5-3-6-18(13-17)32-2)16-23(31)29-11-9-28(10-12-29)14-19-20(24)7-4-8-21(19)25/h3-8,13H,9-12,14-16H2,1-2H3,(H,26,30). The van der Waals surface area contributed by atoms with Crippen LogP contribution in [-0.4, -0.2) is 79.9 Å². The summed E-state index contributed by atoms with van der Waals surface area (Å²) in [5.41, 5.74) is 1.12. The highest BCUT2D eigenvalue weighted by Crippen LogP contribution is 2.21. The Hall–Kier alpha value is -2.68. The second-order valence-corrected chi connectivity index (χ2v) is 8.22. The highest BCUT2D eigenvalue weighted by Gasteiger charge is 2.23. The van der Waals surface area contributed by atoms with Gasteiger partial charge in [-0.2, -0.15) is 0 Å². The quantitative estimate of drug-likeness (QED) is 0.653. The first kappa shape index (κ1) is 24.0. The van der Waals surface area contributed by atoms with Gasteiger partial charge >= 0.3 is 0 Å². The van der Waals surface area contributed by atoms with Gasteiger partial charge in [0.1, 0.15) is 11.6 Å². The molecule has 0 bridgehead atoms. The Morgan fingerprint density at radius 3 is 2.53 bits per heavy atom. The summed E-state index contributed by atoms with van der Waals surface area (Å²) in [6.07, 6.45) is 0. The molecule has 0 aromatic heterocycles. The average molecular weight is 463 g/mol. The van der Waals surface area contributed by atoms with Crippen LogP contribution in [0.2, 0.25) is 5.02 Å². The molecule has 172 valence electrons. The number of methoxy groups -OCH3 is 1. The minimum atomic E-state index is -0.315. The number of benzene rings is 2. The third-order valence-electron chi connectivity index (χ3n) is 5.34. The zero-order valence-corrected chi connectivity index (χ0v) is 19.1. The van der Waals surface area contributed by atoms with Gasteiger partial charge in [-0.1, -0.05) is 23.7 Å². The van der Waals surface area contributed by atoms with Gasteiger partial charge in [0.05, 0.1) is 20.2 Å². The van der Waals surface area contributed by atoms with Gasteiger partial charge in [0.15, 0.2) is 0 Å². The number of rotatable bonds is 8. The van der Waals surface area contributed by atoms with Crippen LogP contribution in [0.1, 0.15) is 5.56 Å². The van der Waals surface area contributed by atoms with Crippen molar-refractivity contribution in [3.05, 3.63) is 58.9 Å². The van der Waals surface area contributed by atoms with Crippen LogP contribution in [0.25, 0.3) is 0 Å². The van der Waals surface area contributed by atoms with Gasteiger partial charge in [-0.25, -0.2) is 4.39 Å². The molecule has 0 aliphatic carbocycles. The zero-order chi connectivity index (χ0) is 23.1. The largest absolute Gasteiger partial charge is 0.497 e. The number of carbonyl (C=O) groups is 2. The average Bonchev–Trinajstić information content (AvgIpc) is 2.76. The van der Waals surface area contributed by atoms with E-state index in [4.69, 9.17) is 16.3 Å². The van der Waals surface area contributed by atoms with Gasteiger partial charge in [-0.3, -0.25) is 19.4 Å². The molecule has 1 aliphatic rings. The summed E-state index contributed by atoms with van der Waals surface area (Å²) < 4.78 is 19.2. The van der Waals surface area contributed by atoms with E-state index in [-0.39, 0.29) is 30.7 Å².